The lowest BCUT2D eigenvalue weighted by Gasteiger charge is -2.23. The number of hydrogen-bond acceptors (Lipinski definition) is 5. The maximum atomic E-state index is 13.3. The normalized spacial score (nSPS) is 18.8. The fourth-order valence-corrected chi connectivity index (χ4v) is 3.59. The molecule has 1 aliphatic heterocycles. The molecule has 3 aromatic rings. The van der Waals surface area contributed by atoms with Gasteiger partial charge in [0.2, 0.25) is 0 Å². The number of halogens is 3. The molecular weight excluding hydrogens is 375 g/mol. The standard InChI is InChI=1S/C18H18F3N5O2/c1-10(14-7-22-9-23-14)26-15-6-11(18(19,20)21)2-3-13(15)16(24-17(26)28)25-5-4-12(27)8-25/h2-3,6-7,9-10,12,27H,4-5,8H2,1H3,(H,22,23)/t10-,12+/m0/s1. The summed E-state index contributed by atoms with van der Waals surface area (Å²) in [5.74, 6) is 0.290. The van der Waals surface area contributed by atoms with Gasteiger partial charge < -0.3 is 15.0 Å². The largest absolute Gasteiger partial charge is 0.416 e. The molecular formula is C18H18F3N5O2. The minimum absolute atomic E-state index is 0.133. The first kappa shape index (κ1) is 18.5. The van der Waals surface area contributed by atoms with Crippen LogP contribution in [0.2, 0.25) is 0 Å². The smallest absolute Gasteiger partial charge is 0.391 e. The maximum absolute atomic E-state index is 13.3. The average molecular weight is 393 g/mol. The van der Waals surface area contributed by atoms with Crippen LogP contribution in [0.15, 0.2) is 35.5 Å². The summed E-state index contributed by atoms with van der Waals surface area (Å²) in [7, 11) is 0. The van der Waals surface area contributed by atoms with Crippen LogP contribution >= 0.6 is 0 Å². The molecule has 7 nitrogen and oxygen atoms in total. The zero-order valence-electron chi connectivity index (χ0n) is 14.9. The highest BCUT2D eigenvalue weighted by atomic mass is 19.4. The molecule has 0 radical (unpaired) electrons. The van der Waals surface area contributed by atoms with E-state index < -0.39 is 29.6 Å². The molecule has 1 fully saturated rings. The second-order valence-corrected chi connectivity index (χ2v) is 6.89. The van der Waals surface area contributed by atoms with Crippen molar-refractivity contribution >= 4 is 16.7 Å². The van der Waals surface area contributed by atoms with Gasteiger partial charge in [0.1, 0.15) is 5.82 Å². The Morgan fingerprint density at radius 3 is 2.75 bits per heavy atom. The molecule has 2 aromatic heterocycles. The number of imidazole rings is 1. The van der Waals surface area contributed by atoms with Gasteiger partial charge in [-0.2, -0.15) is 18.2 Å². The van der Waals surface area contributed by atoms with Crippen LogP contribution < -0.4 is 10.6 Å². The molecule has 0 saturated carbocycles. The lowest BCUT2D eigenvalue weighted by Crippen LogP contribution is -2.31. The Morgan fingerprint density at radius 2 is 2.14 bits per heavy atom. The van der Waals surface area contributed by atoms with Gasteiger partial charge in [0.15, 0.2) is 0 Å². The Labute approximate surface area is 157 Å². The van der Waals surface area contributed by atoms with Crippen molar-refractivity contribution in [3.63, 3.8) is 0 Å². The number of alkyl halides is 3. The summed E-state index contributed by atoms with van der Waals surface area (Å²) < 4.78 is 41.2. The minimum atomic E-state index is -4.54. The maximum Gasteiger partial charge on any atom is 0.416 e. The van der Waals surface area contributed by atoms with Crippen molar-refractivity contribution < 1.29 is 18.3 Å². The third-order valence-electron chi connectivity index (χ3n) is 5.05. The van der Waals surface area contributed by atoms with E-state index in [-0.39, 0.29) is 12.1 Å². The zero-order chi connectivity index (χ0) is 20.1. The van der Waals surface area contributed by atoms with E-state index in [2.05, 4.69) is 15.0 Å². The van der Waals surface area contributed by atoms with Crippen molar-refractivity contribution in [2.45, 2.75) is 31.7 Å². The predicted molar refractivity (Wildman–Crippen MR) is 96.2 cm³/mol. The highest BCUT2D eigenvalue weighted by Gasteiger charge is 2.32. The van der Waals surface area contributed by atoms with Crippen LogP contribution in [0.1, 0.15) is 30.6 Å². The molecule has 2 atom stereocenters. The first-order chi connectivity index (χ1) is 13.3. The van der Waals surface area contributed by atoms with Crippen molar-refractivity contribution in [3.05, 3.63) is 52.5 Å². The number of benzene rings is 1. The zero-order valence-corrected chi connectivity index (χ0v) is 14.9. The first-order valence-electron chi connectivity index (χ1n) is 8.80. The number of aromatic amines is 1. The van der Waals surface area contributed by atoms with Crippen LogP contribution in [-0.4, -0.2) is 43.8 Å². The van der Waals surface area contributed by atoms with E-state index in [9.17, 15) is 23.1 Å². The monoisotopic (exact) mass is 393 g/mol. The summed E-state index contributed by atoms with van der Waals surface area (Å²) in [4.78, 5) is 25.5. The van der Waals surface area contributed by atoms with Gasteiger partial charge in [-0.15, -0.1) is 0 Å². The molecule has 3 heterocycles. The predicted octanol–water partition coefficient (Wildman–Crippen LogP) is 2.32. The summed E-state index contributed by atoms with van der Waals surface area (Å²) in [5, 5.41) is 10.2. The topological polar surface area (TPSA) is 87.0 Å². The lowest BCUT2D eigenvalue weighted by molar-refractivity contribution is -0.137. The number of rotatable bonds is 3. The van der Waals surface area contributed by atoms with Gasteiger partial charge in [-0.1, -0.05) is 0 Å². The van der Waals surface area contributed by atoms with Gasteiger partial charge in [-0.05, 0) is 31.5 Å². The van der Waals surface area contributed by atoms with Gasteiger partial charge in [-0.25, -0.2) is 9.78 Å². The summed E-state index contributed by atoms with van der Waals surface area (Å²) in [6.45, 7) is 2.45. The summed E-state index contributed by atoms with van der Waals surface area (Å²) >= 11 is 0. The molecule has 0 bridgehead atoms. The number of nitrogens with zero attached hydrogens (tertiary/aromatic N) is 4. The van der Waals surface area contributed by atoms with Gasteiger partial charge in [0, 0.05) is 18.5 Å². The summed E-state index contributed by atoms with van der Waals surface area (Å²) in [6, 6.07) is 2.70. The molecule has 1 aromatic carbocycles. The minimum Gasteiger partial charge on any atom is -0.391 e. The number of H-pyrrole nitrogens is 1. The molecule has 1 aliphatic rings. The summed E-state index contributed by atoms with van der Waals surface area (Å²) in [5.41, 5.74) is -0.797. The van der Waals surface area contributed by atoms with Gasteiger partial charge >= 0.3 is 11.9 Å². The van der Waals surface area contributed by atoms with Crippen LogP contribution in [0.25, 0.3) is 10.9 Å². The van der Waals surface area contributed by atoms with E-state index in [1.165, 1.54) is 23.2 Å². The first-order valence-corrected chi connectivity index (χ1v) is 8.80. The molecule has 1 saturated heterocycles. The van der Waals surface area contributed by atoms with E-state index in [4.69, 9.17) is 0 Å². The number of aromatic nitrogens is 4. The molecule has 4 rings (SSSR count). The van der Waals surface area contributed by atoms with E-state index in [1.807, 2.05) is 0 Å². The highest BCUT2D eigenvalue weighted by Crippen LogP contribution is 2.35. The number of hydrogen-bond donors (Lipinski definition) is 2. The van der Waals surface area contributed by atoms with Crippen LogP contribution in [0.4, 0.5) is 19.0 Å². The Balaban J connectivity index is 1.97. The fraction of sp³-hybridized carbons (Fsp3) is 0.389. The molecule has 0 aliphatic carbocycles. The van der Waals surface area contributed by atoms with Crippen molar-refractivity contribution in [2.75, 3.05) is 18.0 Å². The van der Waals surface area contributed by atoms with Crippen LogP contribution in [0, 0.1) is 0 Å². The van der Waals surface area contributed by atoms with Gasteiger partial charge in [-0.3, -0.25) is 4.57 Å². The number of aliphatic hydroxyl groups is 1. The molecule has 148 valence electrons. The Hall–Kier alpha value is -2.88. The van der Waals surface area contributed by atoms with Gasteiger partial charge in [0.05, 0.1) is 41.4 Å². The second-order valence-electron chi connectivity index (χ2n) is 6.89. The number of anilines is 1. The van der Waals surface area contributed by atoms with Gasteiger partial charge in [0.25, 0.3) is 0 Å². The Kier molecular flexibility index (Phi) is 4.37. The van der Waals surface area contributed by atoms with E-state index >= 15 is 0 Å². The fourth-order valence-electron chi connectivity index (χ4n) is 3.59. The lowest BCUT2D eigenvalue weighted by atomic mass is 10.1. The van der Waals surface area contributed by atoms with Crippen molar-refractivity contribution in [2.24, 2.45) is 0 Å². The quantitative estimate of drug-likeness (QED) is 0.713. The van der Waals surface area contributed by atoms with E-state index in [0.717, 1.165) is 12.1 Å². The van der Waals surface area contributed by atoms with Crippen molar-refractivity contribution in [3.8, 4) is 0 Å². The van der Waals surface area contributed by atoms with Crippen LogP contribution in [-0.2, 0) is 6.18 Å². The Morgan fingerprint density at radius 1 is 1.36 bits per heavy atom. The molecule has 10 heteroatoms. The summed E-state index contributed by atoms with van der Waals surface area (Å²) in [6.07, 6.45) is -1.64. The number of fused-ring (bicyclic) bond motifs is 1. The van der Waals surface area contributed by atoms with Crippen molar-refractivity contribution in [1.82, 2.24) is 19.5 Å². The van der Waals surface area contributed by atoms with E-state index in [1.54, 1.807) is 11.8 Å². The average Bonchev–Trinajstić information content (AvgIpc) is 3.31. The Bertz CT molecular complexity index is 1060. The molecule has 0 spiro atoms. The SMILES string of the molecule is C[C@@H](c1cnc[nH]1)n1c(=O)nc(N2CC[C@@H](O)C2)c2ccc(C(F)(F)F)cc21. The second kappa shape index (κ2) is 6.62. The van der Waals surface area contributed by atoms with Crippen LogP contribution in [0.3, 0.4) is 0 Å². The highest BCUT2D eigenvalue weighted by molar-refractivity contribution is 5.90. The molecule has 0 unspecified atom stereocenters. The molecule has 28 heavy (non-hydrogen) atoms. The molecule has 2 N–H and O–H groups in total. The van der Waals surface area contributed by atoms with Crippen LogP contribution in [0.5, 0.6) is 0 Å². The number of aliphatic hydroxyl groups excluding tert-OH is 1. The third kappa shape index (κ3) is 3.13. The molecule has 0 amide bonds. The van der Waals surface area contributed by atoms with Crippen molar-refractivity contribution in [1.29, 1.82) is 0 Å². The number of β-amino-alcohol motifs (C(OH)–C–C–N with tert-alkyl or cyclic N) is 1. The van der Waals surface area contributed by atoms with E-state index in [0.29, 0.717) is 29.9 Å². The number of nitrogens with one attached hydrogen (secondary N) is 1. The third-order valence-corrected chi connectivity index (χ3v) is 5.05.